The smallest absolute Gasteiger partial charge is 0.272 e. The number of nitrogens with one attached hydrogen (secondary N) is 1. The number of aromatic hydroxyl groups is 1. The lowest BCUT2D eigenvalue weighted by molar-refractivity contribution is 0.477. The number of anilines is 1. The highest BCUT2D eigenvalue weighted by Crippen LogP contribution is 2.32. The Morgan fingerprint density at radius 2 is 2.06 bits per heavy atom. The lowest BCUT2D eigenvalue weighted by atomic mass is 10.3. The Morgan fingerprint density at radius 1 is 1.33 bits per heavy atom. The van der Waals surface area contributed by atoms with Crippen LogP contribution in [0, 0.1) is 0 Å². The predicted molar refractivity (Wildman–Crippen MR) is 75.9 cm³/mol. The molecule has 0 amide bonds. The van der Waals surface area contributed by atoms with Crippen LogP contribution >= 0.6 is 38.9 Å². The van der Waals surface area contributed by atoms with Gasteiger partial charge in [-0.05, 0) is 39.5 Å². The van der Waals surface area contributed by atoms with Gasteiger partial charge in [0.15, 0.2) is 4.21 Å². The molecule has 0 radical (unpaired) electrons. The largest absolute Gasteiger partial charge is 0.506 e. The molecule has 2 N–H and O–H groups in total. The van der Waals surface area contributed by atoms with Crippen LogP contribution in [0.5, 0.6) is 5.75 Å². The molecule has 1 heterocycles. The highest BCUT2D eigenvalue weighted by atomic mass is 79.9. The monoisotopic (exact) mass is 367 g/mol. The summed E-state index contributed by atoms with van der Waals surface area (Å²) in [7, 11) is -3.72. The van der Waals surface area contributed by atoms with Crippen molar-refractivity contribution in [1.82, 2.24) is 0 Å². The zero-order valence-corrected chi connectivity index (χ0v) is 12.7. The number of benzene rings is 1. The number of rotatable bonds is 3. The lowest BCUT2D eigenvalue weighted by Gasteiger charge is -2.08. The SMILES string of the molecule is O=S(=O)(Nc1ccc(Cl)cc1O)c1sccc1Br. The first kappa shape index (κ1) is 13.7. The van der Waals surface area contributed by atoms with Gasteiger partial charge in [0.2, 0.25) is 0 Å². The van der Waals surface area contributed by atoms with Gasteiger partial charge in [-0.25, -0.2) is 8.42 Å². The molecule has 0 atom stereocenters. The third-order valence-electron chi connectivity index (χ3n) is 2.03. The number of sulfonamides is 1. The van der Waals surface area contributed by atoms with E-state index in [-0.39, 0.29) is 15.6 Å². The zero-order valence-electron chi connectivity index (χ0n) is 8.72. The minimum Gasteiger partial charge on any atom is -0.506 e. The van der Waals surface area contributed by atoms with E-state index in [1.807, 2.05) is 0 Å². The molecule has 8 heteroatoms. The molecule has 0 saturated heterocycles. The Bertz CT molecular complexity index is 684. The average Bonchev–Trinajstić information content (AvgIpc) is 2.69. The molecular weight excluding hydrogens is 362 g/mol. The van der Waals surface area contributed by atoms with Crippen LogP contribution in [-0.2, 0) is 10.0 Å². The van der Waals surface area contributed by atoms with E-state index < -0.39 is 10.0 Å². The summed E-state index contributed by atoms with van der Waals surface area (Å²) in [6, 6.07) is 5.79. The quantitative estimate of drug-likeness (QED) is 0.812. The average molecular weight is 369 g/mol. The van der Waals surface area contributed by atoms with Crippen molar-refractivity contribution >= 4 is 54.6 Å². The van der Waals surface area contributed by atoms with E-state index in [2.05, 4.69) is 20.7 Å². The third kappa shape index (κ3) is 2.80. The fourth-order valence-electron chi connectivity index (χ4n) is 1.25. The number of phenols is 1. The number of thiophene rings is 1. The number of halogens is 2. The van der Waals surface area contributed by atoms with Gasteiger partial charge in [-0.15, -0.1) is 11.3 Å². The van der Waals surface area contributed by atoms with Crippen molar-refractivity contribution in [2.24, 2.45) is 0 Å². The molecule has 0 aliphatic rings. The van der Waals surface area contributed by atoms with E-state index in [1.165, 1.54) is 18.2 Å². The standard InChI is InChI=1S/C10H7BrClNO3S2/c11-7-3-4-17-10(7)18(15,16)13-8-2-1-6(12)5-9(8)14/h1-5,13-14H. The van der Waals surface area contributed by atoms with Crippen LogP contribution in [-0.4, -0.2) is 13.5 Å². The van der Waals surface area contributed by atoms with Crippen molar-refractivity contribution < 1.29 is 13.5 Å². The van der Waals surface area contributed by atoms with Crippen molar-refractivity contribution in [3.8, 4) is 5.75 Å². The van der Waals surface area contributed by atoms with E-state index in [0.29, 0.717) is 9.50 Å². The summed E-state index contributed by atoms with van der Waals surface area (Å²) < 4.78 is 27.0. The number of hydrogen-bond acceptors (Lipinski definition) is 4. The summed E-state index contributed by atoms with van der Waals surface area (Å²) in [6.45, 7) is 0. The van der Waals surface area contributed by atoms with Gasteiger partial charge in [0.25, 0.3) is 10.0 Å². The maximum Gasteiger partial charge on any atom is 0.272 e. The van der Waals surface area contributed by atoms with E-state index >= 15 is 0 Å². The first-order valence-electron chi connectivity index (χ1n) is 4.64. The first-order chi connectivity index (χ1) is 8.40. The molecule has 2 rings (SSSR count). The summed E-state index contributed by atoms with van der Waals surface area (Å²) in [5, 5.41) is 11.6. The molecule has 0 bridgehead atoms. The minimum absolute atomic E-state index is 0.0831. The molecule has 0 aliphatic carbocycles. The summed E-state index contributed by atoms with van der Waals surface area (Å²) in [5.74, 6) is -0.223. The van der Waals surface area contributed by atoms with Crippen molar-refractivity contribution in [3.63, 3.8) is 0 Å². The van der Waals surface area contributed by atoms with Crippen molar-refractivity contribution in [3.05, 3.63) is 39.1 Å². The maximum atomic E-state index is 12.0. The van der Waals surface area contributed by atoms with E-state index in [4.69, 9.17) is 11.6 Å². The fourth-order valence-corrected chi connectivity index (χ4v) is 4.83. The topological polar surface area (TPSA) is 66.4 Å². The van der Waals surface area contributed by atoms with Crippen LogP contribution in [0.4, 0.5) is 5.69 Å². The van der Waals surface area contributed by atoms with Gasteiger partial charge < -0.3 is 5.11 Å². The number of hydrogen-bond donors (Lipinski definition) is 2. The van der Waals surface area contributed by atoms with Crippen LogP contribution in [0.1, 0.15) is 0 Å². The van der Waals surface area contributed by atoms with Crippen LogP contribution in [0.15, 0.2) is 38.3 Å². The molecule has 18 heavy (non-hydrogen) atoms. The van der Waals surface area contributed by atoms with Crippen LogP contribution in [0.2, 0.25) is 5.02 Å². The van der Waals surface area contributed by atoms with Gasteiger partial charge in [-0.1, -0.05) is 11.6 Å². The molecule has 0 unspecified atom stereocenters. The van der Waals surface area contributed by atoms with Gasteiger partial charge in [0.1, 0.15) is 5.75 Å². The van der Waals surface area contributed by atoms with E-state index in [1.54, 1.807) is 11.4 Å². The fraction of sp³-hybridized carbons (Fsp3) is 0. The van der Waals surface area contributed by atoms with E-state index in [0.717, 1.165) is 11.3 Å². The second-order valence-electron chi connectivity index (χ2n) is 3.32. The van der Waals surface area contributed by atoms with Gasteiger partial charge in [0, 0.05) is 15.6 Å². The Labute approximate surface area is 121 Å². The summed E-state index contributed by atoms with van der Waals surface area (Å²) >= 11 is 9.90. The van der Waals surface area contributed by atoms with Gasteiger partial charge >= 0.3 is 0 Å². The van der Waals surface area contributed by atoms with Crippen LogP contribution in [0.25, 0.3) is 0 Å². The molecule has 1 aromatic carbocycles. The summed E-state index contributed by atoms with van der Waals surface area (Å²) in [5.41, 5.74) is 0.0831. The Morgan fingerprint density at radius 3 is 2.61 bits per heavy atom. The Kier molecular flexibility index (Phi) is 3.86. The van der Waals surface area contributed by atoms with Gasteiger partial charge in [-0.2, -0.15) is 0 Å². The molecule has 0 spiro atoms. The molecule has 0 aliphatic heterocycles. The highest BCUT2D eigenvalue weighted by molar-refractivity contribution is 9.10. The minimum atomic E-state index is -3.72. The van der Waals surface area contributed by atoms with Crippen LogP contribution in [0.3, 0.4) is 0 Å². The van der Waals surface area contributed by atoms with E-state index in [9.17, 15) is 13.5 Å². The summed E-state index contributed by atoms with van der Waals surface area (Å²) in [4.78, 5) is 0. The zero-order chi connectivity index (χ0) is 13.3. The maximum absolute atomic E-state index is 12.0. The van der Waals surface area contributed by atoms with Crippen molar-refractivity contribution in [2.45, 2.75) is 4.21 Å². The first-order valence-corrected chi connectivity index (χ1v) is 8.18. The Hall–Kier alpha value is -0.760. The molecule has 1 aromatic heterocycles. The lowest BCUT2D eigenvalue weighted by Crippen LogP contribution is -2.12. The predicted octanol–water partition coefficient (Wildman–Crippen LogP) is 3.67. The molecule has 0 saturated carbocycles. The normalized spacial score (nSPS) is 11.4. The van der Waals surface area contributed by atoms with Gasteiger partial charge in [-0.3, -0.25) is 4.72 Å². The van der Waals surface area contributed by atoms with Crippen molar-refractivity contribution in [1.29, 1.82) is 0 Å². The molecule has 2 aromatic rings. The second-order valence-corrected chi connectivity index (χ2v) is 7.41. The van der Waals surface area contributed by atoms with Gasteiger partial charge in [0.05, 0.1) is 5.69 Å². The molecule has 0 fully saturated rings. The molecule has 4 nitrogen and oxygen atoms in total. The van der Waals surface area contributed by atoms with Crippen LogP contribution < -0.4 is 4.72 Å². The van der Waals surface area contributed by atoms with Crippen molar-refractivity contribution in [2.75, 3.05) is 4.72 Å². The Balaban J connectivity index is 2.37. The molecular formula is C10H7BrClNO3S2. The third-order valence-corrected chi connectivity index (χ3v) is 6.30. The number of phenolic OH excluding ortho intramolecular Hbond substituents is 1. The highest BCUT2D eigenvalue weighted by Gasteiger charge is 2.20. The second kappa shape index (κ2) is 5.08. The summed E-state index contributed by atoms with van der Waals surface area (Å²) in [6.07, 6.45) is 0. The molecule has 96 valence electrons.